The molecule has 110 valence electrons. The lowest BCUT2D eigenvalue weighted by atomic mass is 10.2. The Morgan fingerprint density at radius 2 is 2.00 bits per heavy atom. The Bertz CT molecular complexity index is 792. The fraction of sp³-hybridized carbons (Fsp3) is 0.0769. The van der Waals surface area contributed by atoms with Crippen molar-refractivity contribution in [3.8, 4) is 0 Å². The Labute approximate surface area is 135 Å². The van der Waals surface area contributed by atoms with E-state index in [0.29, 0.717) is 20.7 Å². The Hall–Kier alpha value is -1.44. The minimum Gasteiger partial charge on any atom is -0.321 e. The first-order valence-corrected chi connectivity index (χ1v) is 8.76. The summed E-state index contributed by atoms with van der Waals surface area (Å²) in [5.41, 5.74) is 0.806. The number of carbonyl (C=O) groups excluding carboxylic acids is 1. The van der Waals surface area contributed by atoms with E-state index < -0.39 is 9.84 Å². The molecule has 1 amide bonds. The summed E-state index contributed by atoms with van der Waals surface area (Å²) in [5.74, 6) is -0.354. The molecule has 0 aliphatic rings. The molecule has 0 aliphatic heterocycles. The fourth-order valence-electron chi connectivity index (χ4n) is 1.55. The van der Waals surface area contributed by atoms with E-state index in [2.05, 4.69) is 26.2 Å². The normalized spacial score (nSPS) is 11.2. The molecule has 0 atom stereocenters. The number of hydrogen-bond donors (Lipinski definition) is 1. The molecule has 0 saturated heterocycles. The third-order valence-electron chi connectivity index (χ3n) is 2.55. The number of pyridine rings is 1. The molecule has 8 heteroatoms. The number of carbonyl (C=O) groups is 1. The first kappa shape index (κ1) is 15.9. The molecule has 0 saturated carbocycles. The van der Waals surface area contributed by atoms with Crippen molar-refractivity contribution in [2.75, 3.05) is 11.6 Å². The zero-order valence-electron chi connectivity index (χ0n) is 10.8. The Kier molecular flexibility index (Phi) is 4.65. The highest BCUT2D eigenvalue weighted by atomic mass is 79.9. The number of amides is 1. The lowest BCUT2D eigenvalue weighted by Gasteiger charge is -2.07. The van der Waals surface area contributed by atoms with Gasteiger partial charge < -0.3 is 5.32 Å². The number of anilines is 1. The Morgan fingerprint density at radius 1 is 1.29 bits per heavy atom. The summed E-state index contributed by atoms with van der Waals surface area (Å²) >= 11 is 9.07. The van der Waals surface area contributed by atoms with Gasteiger partial charge in [-0.25, -0.2) is 13.4 Å². The van der Waals surface area contributed by atoms with Gasteiger partial charge in [0.1, 0.15) is 0 Å². The van der Waals surface area contributed by atoms with Crippen molar-refractivity contribution < 1.29 is 13.2 Å². The second kappa shape index (κ2) is 6.13. The van der Waals surface area contributed by atoms with Gasteiger partial charge in [-0.15, -0.1) is 0 Å². The molecule has 21 heavy (non-hydrogen) atoms. The standard InChI is InChI=1S/C13H10BrClN2O3S/c1-21(19,20)12-5-3-9(7-16-12)17-13(18)10-4-2-8(15)6-11(10)14/h2-7H,1H3,(H,17,18). The Morgan fingerprint density at radius 3 is 2.52 bits per heavy atom. The number of nitrogens with one attached hydrogen (secondary N) is 1. The summed E-state index contributed by atoms with van der Waals surface area (Å²) < 4.78 is 23.2. The summed E-state index contributed by atoms with van der Waals surface area (Å²) in [6, 6.07) is 7.61. The molecule has 0 unspecified atom stereocenters. The van der Waals surface area contributed by atoms with Crippen LogP contribution in [-0.4, -0.2) is 25.6 Å². The number of rotatable bonds is 3. The monoisotopic (exact) mass is 388 g/mol. The van der Waals surface area contributed by atoms with Crippen LogP contribution in [0.2, 0.25) is 5.02 Å². The highest BCUT2D eigenvalue weighted by Crippen LogP contribution is 2.22. The molecule has 2 aromatic rings. The van der Waals surface area contributed by atoms with Crippen molar-refractivity contribution in [3.63, 3.8) is 0 Å². The van der Waals surface area contributed by atoms with Crippen molar-refractivity contribution in [2.24, 2.45) is 0 Å². The lowest BCUT2D eigenvalue weighted by Crippen LogP contribution is -2.13. The largest absolute Gasteiger partial charge is 0.321 e. The van der Waals surface area contributed by atoms with E-state index in [1.165, 1.54) is 18.3 Å². The molecule has 1 aromatic carbocycles. The summed E-state index contributed by atoms with van der Waals surface area (Å²) in [5, 5.41) is 3.09. The van der Waals surface area contributed by atoms with E-state index in [1.807, 2.05) is 0 Å². The molecule has 0 spiro atoms. The number of benzene rings is 1. The van der Waals surface area contributed by atoms with Crippen LogP contribution in [0, 0.1) is 0 Å². The van der Waals surface area contributed by atoms with Crippen LogP contribution in [0.4, 0.5) is 5.69 Å². The van der Waals surface area contributed by atoms with Gasteiger partial charge in [-0.1, -0.05) is 11.6 Å². The first-order chi connectivity index (χ1) is 9.77. The molecular formula is C13H10BrClN2O3S. The maximum atomic E-state index is 12.1. The van der Waals surface area contributed by atoms with Crippen molar-refractivity contribution >= 4 is 49.0 Å². The molecule has 0 aliphatic carbocycles. The van der Waals surface area contributed by atoms with Crippen LogP contribution >= 0.6 is 27.5 Å². The van der Waals surface area contributed by atoms with Gasteiger partial charge in [0, 0.05) is 15.8 Å². The smallest absolute Gasteiger partial charge is 0.256 e. The molecule has 1 N–H and O–H groups in total. The van der Waals surface area contributed by atoms with Crippen molar-refractivity contribution in [3.05, 3.63) is 51.6 Å². The average molecular weight is 390 g/mol. The van der Waals surface area contributed by atoms with Gasteiger partial charge >= 0.3 is 0 Å². The Balaban J connectivity index is 2.20. The van der Waals surface area contributed by atoms with Gasteiger partial charge in [0.05, 0.1) is 17.4 Å². The SMILES string of the molecule is CS(=O)(=O)c1ccc(NC(=O)c2ccc(Cl)cc2Br)cn1. The van der Waals surface area contributed by atoms with Gasteiger partial charge in [-0.2, -0.15) is 0 Å². The molecular weight excluding hydrogens is 380 g/mol. The van der Waals surface area contributed by atoms with Crippen LogP contribution in [-0.2, 0) is 9.84 Å². The zero-order chi connectivity index (χ0) is 15.6. The predicted molar refractivity (Wildman–Crippen MR) is 84.5 cm³/mol. The van der Waals surface area contributed by atoms with Crippen molar-refractivity contribution in [1.82, 2.24) is 4.98 Å². The lowest BCUT2D eigenvalue weighted by molar-refractivity contribution is 0.102. The molecule has 5 nitrogen and oxygen atoms in total. The molecule has 0 fully saturated rings. The van der Waals surface area contributed by atoms with Crippen LogP contribution in [0.5, 0.6) is 0 Å². The van der Waals surface area contributed by atoms with E-state index in [4.69, 9.17) is 11.6 Å². The van der Waals surface area contributed by atoms with Gasteiger partial charge in [0.15, 0.2) is 14.9 Å². The molecule has 1 heterocycles. The predicted octanol–water partition coefficient (Wildman–Crippen LogP) is 3.15. The van der Waals surface area contributed by atoms with Gasteiger partial charge in [-0.3, -0.25) is 4.79 Å². The minimum absolute atomic E-state index is 0.0480. The molecule has 0 bridgehead atoms. The number of nitrogens with zero attached hydrogens (tertiary/aromatic N) is 1. The highest BCUT2D eigenvalue weighted by Gasteiger charge is 2.12. The van der Waals surface area contributed by atoms with E-state index in [0.717, 1.165) is 6.26 Å². The van der Waals surface area contributed by atoms with Crippen LogP contribution in [0.15, 0.2) is 46.0 Å². The zero-order valence-corrected chi connectivity index (χ0v) is 14.0. The van der Waals surface area contributed by atoms with E-state index >= 15 is 0 Å². The highest BCUT2D eigenvalue weighted by molar-refractivity contribution is 9.10. The second-order valence-corrected chi connectivity index (χ2v) is 7.49. The topological polar surface area (TPSA) is 76.1 Å². The van der Waals surface area contributed by atoms with Crippen LogP contribution < -0.4 is 5.32 Å². The summed E-state index contributed by atoms with van der Waals surface area (Å²) in [6.45, 7) is 0. The minimum atomic E-state index is -3.36. The maximum Gasteiger partial charge on any atom is 0.256 e. The number of sulfone groups is 1. The van der Waals surface area contributed by atoms with Crippen molar-refractivity contribution in [1.29, 1.82) is 0 Å². The van der Waals surface area contributed by atoms with Crippen molar-refractivity contribution in [2.45, 2.75) is 5.03 Å². The fourth-order valence-corrected chi connectivity index (χ4v) is 2.97. The summed E-state index contributed by atoms with van der Waals surface area (Å²) in [6.07, 6.45) is 2.36. The van der Waals surface area contributed by atoms with Gasteiger partial charge in [0.25, 0.3) is 5.91 Å². The van der Waals surface area contributed by atoms with E-state index in [-0.39, 0.29) is 10.9 Å². The third-order valence-corrected chi connectivity index (χ3v) is 4.44. The maximum absolute atomic E-state index is 12.1. The van der Waals surface area contributed by atoms with Gasteiger partial charge in [0.2, 0.25) is 0 Å². The van der Waals surface area contributed by atoms with Crippen LogP contribution in [0.3, 0.4) is 0 Å². The third kappa shape index (κ3) is 4.03. The average Bonchev–Trinajstić information content (AvgIpc) is 2.38. The number of aromatic nitrogens is 1. The molecule has 2 rings (SSSR count). The molecule has 0 radical (unpaired) electrons. The van der Waals surface area contributed by atoms with E-state index in [1.54, 1.807) is 18.2 Å². The molecule has 1 aromatic heterocycles. The van der Waals surface area contributed by atoms with Gasteiger partial charge in [-0.05, 0) is 46.3 Å². The quantitative estimate of drug-likeness (QED) is 0.875. The van der Waals surface area contributed by atoms with Crippen LogP contribution in [0.1, 0.15) is 10.4 Å². The second-order valence-electron chi connectivity index (χ2n) is 4.24. The number of halogens is 2. The van der Waals surface area contributed by atoms with Crippen LogP contribution in [0.25, 0.3) is 0 Å². The van der Waals surface area contributed by atoms with E-state index in [9.17, 15) is 13.2 Å². The number of hydrogen-bond acceptors (Lipinski definition) is 4. The summed E-state index contributed by atoms with van der Waals surface area (Å²) in [4.78, 5) is 15.9. The summed E-state index contributed by atoms with van der Waals surface area (Å²) in [7, 11) is -3.36. The first-order valence-electron chi connectivity index (χ1n) is 5.70.